The number of hydrogen-bond donors (Lipinski definition) is 0. The minimum absolute atomic E-state index is 0.00127. The van der Waals surface area contributed by atoms with Crippen LogP contribution in [0, 0.1) is 17.5 Å². The molecule has 0 atom stereocenters. The van der Waals surface area contributed by atoms with Gasteiger partial charge in [0.15, 0.2) is 23.2 Å². The minimum atomic E-state index is -4.38. The molecule has 0 radical (unpaired) electrons. The van der Waals surface area contributed by atoms with E-state index >= 15 is 0 Å². The molecule has 0 unspecified atom stereocenters. The van der Waals surface area contributed by atoms with E-state index in [9.17, 15) is 31.2 Å². The van der Waals surface area contributed by atoms with Crippen molar-refractivity contribution in [3.63, 3.8) is 0 Å². The number of amides is 1. The van der Waals surface area contributed by atoms with Crippen LogP contribution < -0.4 is 0 Å². The number of Topliss-reactive ketones (excluding diaryl/α,β-unsaturated/α-hetero) is 1. The summed E-state index contributed by atoms with van der Waals surface area (Å²) in [6.07, 6.45) is 0.0548. The van der Waals surface area contributed by atoms with E-state index in [1.165, 1.54) is 16.2 Å². The molecule has 29 heavy (non-hydrogen) atoms. The Bertz CT molecular complexity index is 1020. The van der Waals surface area contributed by atoms with Crippen LogP contribution in [0.5, 0.6) is 0 Å². The molecule has 1 aliphatic heterocycles. The van der Waals surface area contributed by atoms with Gasteiger partial charge in [-0.3, -0.25) is 9.59 Å². The van der Waals surface area contributed by atoms with E-state index in [-0.39, 0.29) is 50.7 Å². The molecule has 0 aliphatic carbocycles. The standard InChI is InChI=1S/C18H17F3N2O4S2/c19-12-3-5-15(18(21)17(12)20)29(26,27)23-9-7-22(8-10-23)16(25)6-4-13(24)14-2-1-11-28-14/h1-3,5,11H,4,6-10H2. The molecule has 2 heterocycles. The number of ketones is 1. The first-order valence-corrected chi connectivity index (χ1v) is 11.0. The maximum absolute atomic E-state index is 13.9. The van der Waals surface area contributed by atoms with Crippen LogP contribution in [0.1, 0.15) is 22.5 Å². The molecule has 2 aromatic rings. The third-order valence-electron chi connectivity index (χ3n) is 4.57. The third kappa shape index (κ3) is 4.51. The van der Waals surface area contributed by atoms with Crippen molar-refractivity contribution in [2.75, 3.05) is 26.2 Å². The van der Waals surface area contributed by atoms with Crippen molar-refractivity contribution in [1.29, 1.82) is 0 Å². The van der Waals surface area contributed by atoms with E-state index in [2.05, 4.69) is 0 Å². The normalized spacial score (nSPS) is 15.5. The molecule has 1 aliphatic rings. The molecule has 1 saturated heterocycles. The van der Waals surface area contributed by atoms with Gasteiger partial charge in [-0.2, -0.15) is 4.31 Å². The van der Waals surface area contributed by atoms with Gasteiger partial charge in [-0.1, -0.05) is 6.07 Å². The number of halogens is 3. The van der Waals surface area contributed by atoms with Gasteiger partial charge in [-0.15, -0.1) is 11.3 Å². The first-order chi connectivity index (χ1) is 13.7. The van der Waals surface area contributed by atoms with Crippen molar-refractivity contribution in [3.8, 4) is 0 Å². The van der Waals surface area contributed by atoms with Gasteiger partial charge in [0.05, 0.1) is 4.88 Å². The van der Waals surface area contributed by atoms with Crippen molar-refractivity contribution in [2.24, 2.45) is 0 Å². The molecule has 0 bridgehead atoms. The SMILES string of the molecule is O=C(CCC(=O)N1CCN(S(=O)(=O)c2ccc(F)c(F)c2F)CC1)c1cccs1. The van der Waals surface area contributed by atoms with Gasteiger partial charge in [0.2, 0.25) is 15.9 Å². The van der Waals surface area contributed by atoms with Gasteiger partial charge in [0.25, 0.3) is 0 Å². The first-order valence-electron chi connectivity index (χ1n) is 8.70. The number of sulfonamides is 1. The zero-order valence-electron chi connectivity index (χ0n) is 15.1. The molecular formula is C18H17F3N2O4S2. The number of piperazine rings is 1. The van der Waals surface area contributed by atoms with E-state index in [4.69, 9.17) is 0 Å². The van der Waals surface area contributed by atoms with Gasteiger partial charge >= 0.3 is 0 Å². The second-order valence-electron chi connectivity index (χ2n) is 6.36. The molecule has 6 nitrogen and oxygen atoms in total. The number of hydrogen-bond acceptors (Lipinski definition) is 5. The minimum Gasteiger partial charge on any atom is -0.340 e. The summed E-state index contributed by atoms with van der Waals surface area (Å²) in [4.78, 5) is 25.3. The highest BCUT2D eigenvalue weighted by Crippen LogP contribution is 2.24. The number of thiophene rings is 1. The largest absolute Gasteiger partial charge is 0.340 e. The number of benzene rings is 1. The molecule has 0 N–H and O–H groups in total. The summed E-state index contributed by atoms with van der Waals surface area (Å²) in [5.74, 6) is -5.52. The van der Waals surface area contributed by atoms with E-state index in [1.54, 1.807) is 17.5 Å². The summed E-state index contributed by atoms with van der Waals surface area (Å²) in [7, 11) is -4.38. The number of nitrogens with zero attached hydrogens (tertiary/aromatic N) is 2. The molecule has 0 saturated carbocycles. The van der Waals surface area contributed by atoms with Crippen LogP contribution in [0.3, 0.4) is 0 Å². The summed E-state index contributed by atoms with van der Waals surface area (Å²) in [6, 6.07) is 4.65. The van der Waals surface area contributed by atoms with Gasteiger partial charge in [-0.05, 0) is 23.6 Å². The summed E-state index contributed by atoms with van der Waals surface area (Å²) >= 11 is 1.29. The Hall–Kier alpha value is -2.24. The Morgan fingerprint density at radius 3 is 2.28 bits per heavy atom. The molecular weight excluding hydrogens is 429 g/mol. The van der Waals surface area contributed by atoms with Crippen molar-refractivity contribution in [1.82, 2.24) is 9.21 Å². The zero-order valence-corrected chi connectivity index (χ0v) is 16.7. The van der Waals surface area contributed by atoms with E-state index in [0.29, 0.717) is 17.0 Å². The van der Waals surface area contributed by atoms with Crippen molar-refractivity contribution >= 4 is 33.1 Å². The fraction of sp³-hybridized carbons (Fsp3) is 0.333. The molecule has 0 spiro atoms. The molecule has 1 fully saturated rings. The Morgan fingerprint density at radius 2 is 1.66 bits per heavy atom. The highest BCUT2D eigenvalue weighted by Gasteiger charge is 2.33. The van der Waals surface area contributed by atoms with Crippen molar-refractivity contribution in [3.05, 3.63) is 52.0 Å². The van der Waals surface area contributed by atoms with Crippen LogP contribution in [-0.2, 0) is 14.8 Å². The lowest BCUT2D eigenvalue weighted by Crippen LogP contribution is -2.50. The Labute approximate surface area is 169 Å². The first kappa shape index (κ1) is 21.5. The topological polar surface area (TPSA) is 74.8 Å². The van der Waals surface area contributed by atoms with Crippen LogP contribution in [0.25, 0.3) is 0 Å². The number of carbonyl (C=O) groups excluding carboxylic acids is 2. The summed E-state index contributed by atoms with van der Waals surface area (Å²) < 4.78 is 66.4. The van der Waals surface area contributed by atoms with Gasteiger partial charge in [0, 0.05) is 39.0 Å². The van der Waals surface area contributed by atoms with Gasteiger partial charge in [-0.25, -0.2) is 21.6 Å². The third-order valence-corrected chi connectivity index (χ3v) is 7.40. The van der Waals surface area contributed by atoms with Crippen LogP contribution in [-0.4, -0.2) is 55.5 Å². The smallest absolute Gasteiger partial charge is 0.246 e. The summed E-state index contributed by atoms with van der Waals surface area (Å²) in [5, 5.41) is 1.77. The Balaban J connectivity index is 1.59. The lowest BCUT2D eigenvalue weighted by molar-refractivity contribution is -0.132. The summed E-state index contributed by atoms with van der Waals surface area (Å²) in [6.45, 7) is -0.135. The molecule has 1 amide bonds. The average molecular weight is 446 g/mol. The monoisotopic (exact) mass is 446 g/mol. The molecule has 11 heteroatoms. The fourth-order valence-corrected chi connectivity index (χ4v) is 5.14. The van der Waals surface area contributed by atoms with Crippen molar-refractivity contribution < 1.29 is 31.2 Å². The predicted molar refractivity (Wildman–Crippen MR) is 99.5 cm³/mol. The lowest BCUT2D eigenvalue weighted by Gasteiger charge is -2.34. The maximum atomic E-state index is 13.9. The molecule has 156 valence electrons. The molecule has 1 aromatic heterocycles. The summed E-state index contributed by atoms with van der Waals surface area (Å²) in [5.41, 5.74) is 0. The van der Waals surface area contributed by atoms with Crippen LogP contribution in [0.2, 0.25) is 0 Å². The predicted octanol–water partition coefficient (Wildman–Crippen LogP) is 2.66. The maximum Gasteiger partial charge on any atom is 0.246 e. The fourth-order valence-electron chi connectivity index (χ4n) is 2.96. The molecule has 3 rings (SSSR count). The van der Waals surface area contributed by atoms with E-state index in [0.717, 1.165) is 4.31 Å². The van der Waals surface area contributed by atoms with E-state index < -0.39 is 32.4 Å². The zero-order chi connectivity index (χ0) is 21.2. The van der Waals surface area contributed by atoms with Crippen LogP contribution in [0.15, 0.2) is 34.5 Å². The quantitative estimate of drug-likeness (QED) is 0.505. The second-order valence-corrected chi connectivity index (χ2v) is 9.21. The second kappa shape index (κ2) is 8.64. The van der Waals surface area contributed by atoms with Gasteiger partial charge in [0.1, 0.15) is 4.90 Å². The van der Waals surface area contributed by atoms with Crippen molar-refractivity contribution in [2.45, 2.75) is 17.7 Å². The van der Waals surface area contributed by atoms with Crippen LogP contribution >= 0.6 is 11.3 Å². The van der Waals surface area contributed by atoms with Gasteiger partial charge < -0.3 is 4.90 Å². The number of rotatable bonds is 6. The molecule has 1 aromatic carbocycles. The lowest BCUT2D eigenvalue weighted by atomic mass is 10.1. The Morgan fingerprint density at radius 1 is 0.966 bits per heavy atom. The average Bonchev–Trinajstić information content (AvgIpc) is 3.25. The highest BCUT2D eigenvalue weighted by molar-refractivity contribution is 7.89. The van der Waals surface area contributed by atoms with Crippen LogP contribution in [0.4, 0.5) is 13.2 Å². The Kier molecular flexibility index (Phi) is 6.39. The van der Waals surface area contributed by atoms with E-state index in [1.807, 2.05) is 0 Å². The number of carbonyl (C=O) groups is 2. The highest BCUT2D eigenvalue weighted by atomic mass is 32.2.